The van der Waals surface area contributed by atoms with E-state index in [2.05, 4.69) is 0 Å². The van der Waals surface area contributed by atoms with Gasteiger partial charge in [0.15, 0.2) is 0 Å². The van der Waals surface area contributed by atoms with Gasteiger partial charge in [0.2, 0.25) is 0 Å². The average Bonchev–Trinajstić information content (AvgIpc) is 1.73. The van der Waals surface area contributed by atoms with E-state index >= 15 is 0 Å². The maximum Gasteiger partial charge on any atom is 0.147 e. The van der Waals surface area contributed by atoms with Crippen LogP contribution >= 0.6 is 0 Å². The first-order valence-corrected chi connectivity index (χ1v) is 5.73. The third-order valence-corrected chi connectivity index (χ3v) is 2.63. The van der Waals surface area contributed by atoms with Crippen LogP contribution in [0.25, 0.3) is 0 Å². The lowest BCUT2D eigenvalue weighted by molar-refractivity contribution is -0.0164. The fourth-order valence-electron chi connectivity index (χ4n) is 0.908. The van der Waals surface area contributed by atoms with Crippen molar-refractivity contribution in [3.63, 3.8) is 0 Å². The van der Waals surface area contributed by atoms with E-state index in [1.807, 2.05) is 6.42 Å². The number of hydrogen-bond donors (Lipinski definition) is 0. The first kappa shape index (κ1) is 9.00. The van der Waals surface area contributed by atoms with Gasteiger partial charge in [-0.05, 0) is 12.8 Å². The molecule has 0 saturated carbocycles. The third kappa shape index (κ3) is 3.72. The van der Waals surface area contributed by atoms with E-state index in [0.29, 0.717) is 12.3 Å². The molecule has 1 fully saturated rings. The Morgan fingerprint density at radius 2 is 2.18 bits per heavy atom. The zero-order valence-electron chi connectivity index (χ0n) is 6.62. The lowest BCUT2D eigenvalue weighted by Crippen LogP contribution is -2.28. The molecule has 4 heteroatoms. The van der Waals surface area contributed by atoms with Gasteiger partial charge in [0.25, 0.3) is 0 Å². The minimum Gasteiger partial charge on any atom is -0.381 e. The molecule has 1 aliphatic rings. The van der Waals surface area contributed by atoms with E-state index in [9.17, 15) is 8.42 Å². The predicted molar refractivity (Wildman–Crippen MR) is 42.9 cm³/mol. The van der Waals surface area contributed by atoms with Gasteiger partial charge in [0, 0.05) is 12.2 Å². The summed E-state index contributed by atoms with van der Waals surface area (Å²) in [5.41, 5.74) is 0. The Hall–Kier alpha value is -0.0900. The summed E-state index contributed by atoms with van der Waals surface area (Å²) in [6.45, 7) is 1.54. The predicted octanol–water partition coefficient (Wildman–Crippen LogP) is 0.272. The molecular weight excluding hydrogens is 164 g/mol. The van der Waals surface area contributed by atoms with Crippen LogP contribution in [-0.4, -0.2) is 33.6 Å². The highest BCUT2D eigenvalue weighted by Gasteiger charge is 2.18. The van der Waals surface area contributed by atoms with Crippen LogP contribution in [-0.2, 0) is 14.6 Å². The van der Waals surface area contributed by atoms with E-state index in [1.165, 1.54) is 6.26 Å². The Labute approximate surface area is 67.7 Å². The molecule has 0 amide bonds. The number of ether oxygens (including phenoxy) is 1. The minimum atomic E-state index is -2.78. The maximum absolute atomic E-state index is 10.7. The van der Waals surface area contributed by atoms with Crippen molar-refractivity contribution in [3.05, 3.63) is 6.42 Å². The van der Waals surface area contributed by atoms with Gasteiger partial charge in [-0.15, -0.1) is 0 Å². The highest BCUT2D eigenvalue weighted by atomic mass is 32.2. The van der Waals surface area contributed by atoms with Crippen LogP contribution in [0.4, 0.5) is 0 Å². The molecule has 0 atom stereocenters. The standard InChI is InChI=1S/C7H13O3S/c1-11(8,9)4-2-3-7-5-10-6-7/h3,7H,2,4-6H2,1H3. The molecule has 65 valence electrons. The first-order chi connectivity index (χ1) is 5.08. The second-order valence-corrected chi connectivity index (χ2v) is 5.21. The van der Waals surface area contributed by atoms with Gasteiger partial charge in [-0.2, -0.15) is 0 Å². The van der Waals surface area contributed by atoms with Gasteiger partial charge in [0.1, 0.15) is 9.84 Å². The van der Waals surface area contributed by atoms with Crippen LogP contribution in [0.2, 0.25) is 0 Å². The summed E-state index contributed by atoms with van der Waals surface area (Å²) in [7, 11) is -2.78. The molecule has 0 aromatic rings. The Morgan fingerprint density at radius 1 is 1.55 bits per heavy atom. The van der Waals surface area contributed by atoms with Gasteiger partial charge >= 0.3 is 0 Å². The monoisotopic (exact) mass is 177 g/mol. The molecular formula is C7H13O3S. The van der Waals surface area contributed by atoms with Crippen LogP contribution in [0.1, 0.15) is 6.42 Å². The van der Waals surface area contributed by atoms with Gasteiger partial charge in [-0.3, -0.25) is 0 Å². The first-order valence-electron chi connectivity index (χ1n) is 3.67. The molecule has 1 radical (unpaired) electrons. The van der Waals surface area contributed by atoms with Gasteiger partial charge in [0.05, 0.1) is 19.0 Å². The van der Waals surface area contributed by atoms with Crippen molar-refractivity contribution in [1.29, 1.82) is 0 Å². The molecule has 1 rings (SSSR count). The number of hydrogen-bond acceptors (Lipinski definition) is 3. The normalized spacial score (nSPS) is 19.7. The largest absolute Gasteiger partial charge is 0.381 e. The van der Waals surface area contributed by atoms with Crippen LogP contribution in [0.3, 0.4) is 0 Å². The van der Waals surface area contributed by atoms with Crippen LogP contribution in [0.15, 0.2) is 0 Å². The summed E-state index contributed by atoms with van der Waals surface area (Å²) in [6.07, 6.45) is 3.95. The molecule has 3 nitrogen and oxygen atoms in total. The van der Waals surface area contributed by atoms with Crippen LogP contribution < -0.4 is 0 Å². The molecule has 11 heavy (non-hydrogen) atoms. The maximum atomic E-state index is 10.7. The van der Waals surface area contributed by atoms with Crippen LogP contribution in [0, 0.1) is 12.3 Å². The van der Waals surface area contributed by atoms with Crippen molar-refractivity contribution in [1.82, 2.24) is 0 Å². The SMILES string of the molecule is CS(=O)(=O)CC[CH]C1COC1. The zero-order chi connectivity index (χ0) is 8.32. The number of sulfone groups is 1. The molecule has 1 heterocycles. The second-order valence-electron chi connectivity index (χ2n) is 2.95. The van der Waals surface area contributed by atoms with Gasteiger partial charge < -0.3 is 4.74 Å². The van der Waals surface area contributed by atoms with Crippen molar-refractivity contribution >= 4 is 9.84 Å². The number of rotatable bonds is 4. The molecule has 1 saturated heterocycles. The summed E-state index contributed by atoms with van der Waals surface area (Å²) in [6, 6.07) is 0. The Balaban J connectivity index is 2.04. The summed E-state index contributed by atoms with van der Waals surface area (Å²) in [5, 5.41) is 0. The average molecular weight is 177 g/mol. The Morgan fingerprint density at radius 3 is 2.55 bits per heavy atom. The van der Waals surface area contributed by atoms with Crippen LogP contribution in [0.5, 0.6) is 0 Å². The van der Waals surface area contributed by atoms with E-state index < -0.39 is 9.84 Å². The van der Waals surface area contributed by atoms with E-state index in [1.54, 1.807) is 0 Å². The molecule has 0 aliphatic carbocycles. The second kappa shape index (κ2) is 3.54. The smallest absolute Gasteiger partial charge is 0.147 e. The summed E-state index contributed by atoms with van der Waals surface area (Å²) in [4.78, 5) is 0. The van der Waals surface area contributed by atoms with Crippen molar-refractivity contribution in [2.75, 3.05) is 25.2 Å². The van der Waals surface area contributed by atoms with E-state index in [-0.39, 0.29) is 5.75 Å². The summed E-state index contributed by atoms with van der Waals surface area (Å²) >= 11 is 0. The van der Waals surface area contributed by atoms with Gasteiger partial charge in [-0.1, -0.05) is 0 Å². The van der Waals surface area contributed by atoms with E-state index in [0.717, 1.165) is 13.2 Å². The quantitative estimate of drug-likeness (QED) is 0.619. The molecule has 0 bridgehead atoms. The summed E-state index contributed by atoms with van der Waals surface area (Å²) in [5.74, 6) is 0.764. The molecule has 0 aromatic carbocycles. The molecule has 0 aromatic heterocycles. The minimum absolute atomic E-state index is 0.267. The lowest BCUT2D eigenvalue weighted by Gasteiger charge is -2.25. The van der Waals surface area contributed by atoms with E-state index in [4.69, 9.17) is 4.74 Å². The topological polar surface area (TPSA) is 43.4 Å². The Bertz CT molecular complexity index is 204. The molecule has 0 N–H and O–H groups in total. The highest BCUT2D eigenvalue weighted by Crippen LogP contribution is 2.15. The molecule has 0 spiro atoms. The zero-order valence-corrected chi connectivity index (χ0v) is 7.43. The van der Waals surface area contributed by atoms with Crippen molar-refractivity contribution in [3.8, 4) is 0 Å². The highest BCUT2D eigenvalue weighted by molar-refractivity contribution is 7.90. The fraction of sp³-hybridized carbons (Fsp3) is 0.857. The summed E-state index contributed by atoms with van der Waals surface area (Å²) < 4.78 is 26.3. The fourth-order valence-corrected chi connectivity index (χ4v) is 1.47. The molecule has 0 unspecified atom stereocenters. The van der Waals surface area contributed by atoms with Crippen molar-refractivity contribution < 1.29 is 13.2 Å². The third-order valence-electron chi connectivity index (χ3n) is 1.65. The lowest BCUT2D eigenvalue weighted by atomic mass is 10.0. The van der Waals surface area contributed by atoms with Crippen molar-refractivity contribution in [2.24, 2.45) is 5.92 Å². The Kier molecular flexibility index (Phi) is 2.90. The molecule has 1 aliphatic heterocycles. The van der Waals surface area contributed by atoms with Crippen molar-refractivity contribution in [2.45, 2.75) is 6.42 Å². The van der Waals surface area contributed by atoms with Gasteiger partial charge in [-0.25, -0.2) is 8.42 Å².